The molecule has 0 aliphatic heterocycles. The zero-order valence-electron chi connectivity index (χ0n) is 14.3. The highest BCUT2D eigenvalue weighted by Crippen LogP contribution is 2.37. The largest absolute Gasteiger partial charge is 0.416 e. The van der Waals surface area contributed by atoms with Gasteiger partial charge in [0.15, 0.2) is 0 Å². The van der Waals surface area contributed by atoms with Gasteiger partial charge in [0, 0.05) is 6.07 Å². The molecule has 0 atom stereocenters. The van der Waals surface area contributed by atoms with Gasteiger partial charge in [-0.3, -0.25) is 14.3 Å². The van der Waals surface area contributed by atoms with Gasteiger partial charge in [-0.25, -0.2) is 0 Å². The summed E-state index contributed by atoms with van der Waals surface area (Å²) in [4.78, 5) is 8.82. The van der Waals surface area contributed by atoms with Gasteiger partial charge in [-0.1, -0.05) is 12.1 Å². The van der Waals surface area contributed by atoms with E-state index in [0.717, 1.165) is 6.07 Å². The summed E-state index contributed by atoms with van der Waals surface area (Å²) in [6.45, 7) is 0.438. The molecule has 0 amide bonds. The summed E-state index contributed by atoms with van der Waals surface area (Å²) in [5.41, 5.74) is -4.13. The molecular weight excluding hydrogens is 432 g/mol. The van der Waals surface area contributed by atoms with Crippen molar-refractivity contribution in [3.8, 4) is 0 Å². The Labute approximate surface area is 160 Å². The third-order valence-electron chi connectivity index (χ3n) is 3.79. The van der Waals surface area contributed by atoms with Crippen molar-refractivity contribution < 1.29 is 43.9 Å². The number of hydrogen-bond acceptors (Lipinski definition) is 5. The Bertz CT molecular complexity index is 1010. The molecule has 0 N–H and O–H groups in total. The average molecular weight is 443 g/mol. The Balaban J connectivity index is 2.48. The molecule has 2 aromatic rings. The monoisotopic (exact) mass is 443 g/mol. The van der Waals surface area contributed by atoms with E-state index in [2.05, 4.69) is 4.18 Å². The molecule has 158 valence electrons. The zero-order valence-corrected chi connectivity index (χ0v) is 15.2. The molecule has 13 heteroatoms. The van der Waals surface area contributed by atoms with Crippen LogP contribution in [0.15, 0.2) is 41.3 Å². The van der Waals surface area contributed by atoms with Crippen LogP contribution in [0.5, 0.6) is 0 Å². The molecule has 29 heavy (non-hydrogen) atoms. The topological polar surface area (TPSA) is 86.5 Å². The molecule has 0 unspecified atom stereocenters. The Hall–Kier alpha value is -2.67. The van der Waals surface area contributed by atoms with Crippen molar-refractivity contribution in [2.45, 2.75) is 30.8 Å². The number of rotatable bonds is 5. The summed E-state index contributed by atoms with van der Waals surface area (Å²) in [5.74, 6) is 0. The molecule has 6 nitrogen and oxygen atoms in total. The molecule has 0 spiro atoms. The van der Waals surface area contributed by atoms with E-state index in [1.54, 1.807) is 0 Å². The summed E-state index contributed by atoms with van der Waals surface area (Å²) in [7, 11) is -5.11. The molecule has 0 heterocycles. The van der Waals surface area contributed by atoms with E-state index in [4.69, 9.17) is 0 Å². The minimum Gasteiger partial charge on any atom is -0.261 e. The number of nitro benzene ring substituents is 1. The third-order valence-corrected chi connectivity index (χ3v) is 5.03. The minimum absolute atomic E-state index is 0.00314. The van der Waals surface area contributed by atoms with Crippen molar-refractivity contribution in [1.82, 2.24) is 0 Å². The van der Waals surface area contributed by atoms with Crippen LogP contribution in [0.4, 0.5) is 32.0 Å². The van der Waals surface area contributed by atoms with E-state index in [1.165, 1.54) is 19.1 Å². The van der Waals surface area contributed by atoms with Crippen molar-refractivity contribution >= 4 is 15.8 Å². The highest BCUT2D eigenvalue weighted by Gasteiger charge is 2.38. The molecule has 0 radical (unpaired) electrons. The summed E-state index contributed by atoms with van der Waals surface area (Å²) in [6, 6.07) is 3.52. The first-order valence-corrected chi connectivity index (χ1v) is 8.95. The SMILES string of the molecule is Cc1cccc([N+](=O)[O-])c1COS(=O)(=O)c1cc(C(F)(F)F)cc(C(F)(F)F)c1. The van der Waals surface area contributed by atoms with Crippen LogP contribution < -0.4 is 0 Å². The van der Waals surface area contributed by atoms with Crippen molar-refractivity contribution in [3.63, 3.8) is 0 Å². The third kappa shape index (κ3) is 5.23. The molecule has 0 saturated heterocycles. The van der Waals surface area contributed by atoms with Crippen LogP contribution in [0.2, 0.25) is 0 Å². The summed E-state index contributed by atoms with van der Waals surface area (Å²) in [5, 5.41) is 11.0. The van der Waals surface area contributed by atoms with Crippen molar-refractivity contribution in [2.24, 2.45) is 0 Å². The number of hydrogen-bond donors (Lipinski definition) is 0. The molecular formula is C16H11F6NO5S. The Morgan fingerprint density at radius 3 is 1.97 bits per heavy atom. The number of aryl methyl sites for hydroxylation is 1. The molecule has 0 aromatic heterocycles. The first kappa shape index (κ1) is 22.6. The fourth-order valence-corrected chi connectivity index (χ4v) is 3.27. The summed E-state index contributed by atoms with van der Waals surface area (Å²) in [6.07, 6.45) is -10.5. The normalized spacial score (nSPS) is 12.8. The maximum atomic E-state index is 12.9. The zero-order chi connectivity index (χ0) is 22.2. The fraction of sp³-hybridized carbons (Fsp3) is 0.250. The van der Waals surface area contributed by atoms with Crippen molar-refractivity contribution in [2.75, 3.05) is 0 Å². The molecule has 0 saturated carbocycles. The highest BCUT2D eigenvalue weighted by atomic mass is 32.2. The van der Waals surface area contributed by atoms with Crippen molar-refractivity contribution in [1.29, 1.82) is 0 Å². The van der Waals surface area contributed by atoms with Crippen LogP contribution in [0, 0.1) is 17.0 Å². The van der Waals surface area contributed by atoms with Crippen molar-refractivity contribution in [3.05, 3.63) is 68.8 Å². The summed E-state index contributed by atoms with van der Waals surface area (Å²) >= 11 is 0. The highest BCUT2D eigenvalue weighted by molar-refractivity contribution is 7.86. The van der Waals surface area contributed by atoms with E-state index < -0.39 is 55.7 Å². The number of nitro groups is 1. The number of benzene rings is 2. The predicted molar refractivity (Wildman–Crippen MR) is 86.3 cm³/mol. The average Bonchev–Trinajstić information content (AvgIpc) is 2.58. The molecule has 2 aromatic carbocycles. The lowest BCUT2D eigenvalue weighted by atomic mass is 10.1. The van der Waals surface area contributed by atoms with Gasteiger partial charge in [0.2, 0.25) is 0 Å². The lowest BCUT2D eigenvalue weighted by Crippen LogP contribution is -2.15. The smallest absolute Gasteiger partial charge is 0.261 e. The maximum Gasteiger partial charge on any atom is 0.416 e. The molecule has 0 fully saturated rings. The van der Waals surface area contributed by atoms with Crippen LogP contribution in [0.3, 0.4) is 0 Å². The lowest BCUT2D eigenvalue weighted by molar-refractivity contribution is -0.385. The van der Waals surface area contributed by atoms with Crippen LogP contribution in [-0.2, 0) is 33.3 Å². The van der Waals surface area contributed by atoms with Crippen LogP contribution in [-0.4, -0.2) is 13.3 Å². The van der Waals surface area contributed by atoms with E-state index in [-0.39, 0.29) is 29.3 Å². The lowest BCUT2D eigenvalue weighted by Gasteiger charge is -2.14. The van der Waals surface area contributed by atoms with Gasteiger partial charge in [-0.2, -0.15) is 34.8 Å². The van der Waals surface area contributed by atoms with Crippen LogP contribution in [0.25, 0.3) is 0 Å². The van der Waals surface area contributed by atoms with Gasteiger partial charge in [-0.15, -0.1) is 0 Å². The van der Waals surface area contributed by atoms with Crippen LogP contribution in [0.1, 0.15) is 22.3 Å². The Morgan fingerprint density at radius 1 is 1.00 bits per heavy atom. The Morgan fingerprint density at radius 2 is 1.52 bits per heavy atom. The molecule has 0 aliphatic rings. The first-order chi connectivity index (χ1) is 13.1. The van der Waals surface area contributed by atoms with Gasteiger partial charge in [-0.05, 0) is 30.7 Å². The Kier molecular flexibility index (Phi) is 5.95. The number of alkyl halides is 6. The van der Waals surface area contributed by atoms with Gasteiger partial charge < -0.3 is 0 Å². The quantitative estimate of drug-likeness (QED) is 0.286. The van der Waals surface area contributed by atoms with Gasteiger partial charge in [0.1, 0.15) is 0 Å². The summed E-state index contributed by atoms with van der Waals surface area (Å²) < 4.78 is 106. The number of nitrogens with zero attached hydrogens (tertiary/aromatic N) is 1. The predicted octanol–water partition coefficient (Wildman–Crippen LogP) is 4.85. The van der Waals surface area contributed by atoms with Gasteiger partial charge in [0.05, 0.1) is 33.1 Å². The first-order valence-electron chi connectivity index (χ1n) is 7.55. The molecule has 2 rings (SSSR count). The fourth-order valence-electron chi connectivity index (χ4n) is 2.32. The van der Waals surface area contributed by atoms with Gasteiger partial charge in [0.25, 0.3) is 15.8 Å². The second kappa shape index (κ2) is 7.63. The minimum atomic E-state index is -5.25. The second-order valence-corrected chi connectivity index (χ2v) is 7.40. The van der Waals surface area contributed by atoms with E-state index in [1.807, 2.05) is 0 Å². The van der Waals surface area contributed by atoms with E-state index in [9.17, 15) is 44.9 Å². The van der Waals surface area contributed by atoms with E-state index in [0.29, 0.717) is 0 Å². The maximum absolute atomic E-state index is 12.9. The number of halogens is 6. The molecule has 0 aliphatic carbocycles. The van der Waals surface area contributed by atoms with Gasteiger partial charge >= 0.3 is 12.4 Å². The standard InChI is InChI=1S/C16H11F6NO5S/c1-9-3-2-4-14(23(24)25)13(9)8-28-29(26,27)12-6-10(15(17,18)19)5-11(7-12)16(20,21)22/h2-7H,8H2,1H3. The molecule has 0 bridgehead atoms. The van der Waals surface area contributed by atoms with Crippen LogP contribution >= 0.6 is 0 Å². The van der Waals surface area contributed by atoms with E-state index >= 15 is 0 Å². The second-order valence-electron chi connectivity index (χ2n) is 5.79.